The third kappa shape index (κ3) is 2.84. The molecule has 0 atom stereocenters. The minimum atomic E-state index is 1.15. The minimum absolute atomic E-state index is 1.15. The Hall–Kier alpha value is -3.23. The molecule has 0 N–H and O–H groups in total. The Bertz CT molecular complexity index is 1210. The standard InChI is InChI=1S/C25H17NS/c1-2-9-18(10-3-1)24-22-14-6-7-15-23(22)25(27-24)21-13-5-4-12-20(21)19-11-8-16-26-17-19/h1-17H. The van der Waals surface area contributed by atoms with Crippen molar-refractivity contribution in [3.8, 4) is 32.0 Å². The van der Waals surface area contributed by atoms with Crippen molar-refractivity contribution >= 4 is 22.1 Å². The van der Waals surface area contributed by atoms with Crippen LogP contribution in [-0.4, -0.2) is 4.98 Å². The van der Waals surface area contributed by atoms with Crippen molar-refractivity contribution in [1.82, 2.24) is 4.98 Å². The first-order valence-corrected chi connectivity index (χ1v) is 9.80. The van der Waals surface area contributed by atoms with Gasteiger partial charge in [0, 0.05) is 44.0 Å². The summed E-state index contributed by atoms with van der Waals surface area (Å²) in [5, 5.41) is 2.61. The molecule has 0 saturated heterocycles. The van der Waals surface area contributed by atoms with E-state index in [-0.39, 0.29) is 0 Å². The van der Waals surface area contributed by atoms with E-state index in [9.17, 15) is 0 Å². The number of thiophene rings is 1. The maximum atomic E-state index is 4.31. The molecule has 2 aromatic heterocycles. The lowest BCUT2D eigenvalue weighted by atomic mass is 9.97. The fraction of sp³-hybridized carbons (Fsp3) is 0. The molecule has 0 amide bonds. The monoisotopic (exact) mass is 363 g/mol. The van der Waals surface area contributed by atoms with Gasteiger partial charge in [-0.1, -0.05) is 84.9 Å². The van der Waals surface area contributed by atoms with Crippen molar-refractivity contribution in [2.75, 3.05) is 0 Å². The van der Waals surface area contributed by atoms with Gasteiger partial charge < -0.3 is 0 Å². The Morgan fingerprint density at radius 2 is 1.15 bits per heavy atom. The van der Waals surface area contributed by atoms with Crippen LogP contribution in [0.2, 0.25) is 0 Å². The van der Waals surface area contributed by atoms with Gasteiger partial charge in [-0.25, -0.2) is 0 Å². The summed E-state index contributed by atoms with van der Waals surface area (Å²) in [6.07, 6.45) is 3.76. The second-order valence-corrected chi connectivity index (χ2v) is 7.48. The number of benzene rings is 3. The number of hydrogen-bond acceptors (Lipinski definition) is 2. The molecule has 5 aromatic rings. The molecule has 2 heterocycles. The summed E-state index contributed by atoms with van der Waals surface area (Å²) in [5.74, 6) is 0. The van der Waals surface area contributed by atoms with E-state index >= 15 is 0 Å². The molecule has 3 aromatic carbocycles. The fourth-order valence-electron chi connectivity index (χ4n) is 3.55. The van der Waals surface area contributed by atoms with Gasteiger partial charge in [-0.2, -0.15) is 0 Å². The van der Waals surface area contributed by atoms with E-state index in [1.54, 1.807) is 0 Å². The minimum Gasteiger partial charge on any atom is -0.264 e. The molecule has 5 rings (SSSR count). The molecule has 0 aliphatic rings. The normalized spacial score (nSPS) is 11.0. The maximum Gasteiger partial charge on any atom is 0.0434 e. The third-order valence-corrected chi connectivity index (χ3v) is 6.10. The van der Waals surface area contributed by atoms with Crippen LogP contribution in [0.15, 0.2) is 103 Å². The predicted octanol–water partition coefficient (Wildman–Crippen LogP) is 7.30. The van der Waals surface area contributed by atoms with Crippen molar-refractivity contribution in [2.24, 2.45) is 0 Å². The number of nitrogens with zero attached hydrogens (tertiary/aromatic N) is 1. The molecule has 0 aliphatic carbocycles. The highest BCUT2D eigenvalue weighted by Crippen LogP contribution is 2.46. The summed E-state index contributed by atoms with van der Waals surface area (Å²) < 4.78 is 0. The number of pyridine rings is 1. The summed E-state index contributed by atoms with van der Waals surface area (Å²) >= 11 is 1.87. The predicted molar refractivity (Wildman–Crippen MR) is 116 cm³/mol. The van der Waals surface area contributed by atoms with Gasteiger partial charge in [-0.05, 0) is 17.2 Å². The SMILES string of the molecule is c1ccc(-c2sc(-c3ccccc3-c3cccnc3)c3ccccc23)cc1. The maximum absolute atomic E-state index is 4.31. The van der Waals surface area contributed by atoms with Gasteiger partial charge in [0.05, 0.1) is 0 Å². The second-order valence-electron chi connectivity index (χ2n) is 6.46. The summed E-state index contributed by atoms with van der Waals surface area (Å²) in [4.78, 5) is 6.95. The van der Waals surface area contributed by atoms with Crippen LogP contribution < -0.4 is 0 Å². The lowest BCUT2D eigenvalue weighted by Gasteiger charge is -2.08. The molecule has 0 saturated carbocycles. The van der Waals surface area contributed by atoms with Crippen molar-refractivity contribution < 1.29 is 0 Å². The van der Waals surface area contributed by atoms with Gasteiger partial charge >= 0.3 is 0 Å². The average molecular weight is 363 g/mol. The van der Waals surface area contributed by atoms with Crippen molar-refractivity contribution in [3.63, 3.8) is 0 Å². The van der Waals surface area contributed by atoms with Gasteiger partial charge in [0.1, 0.15) is 0 Å². The summed E-state index contributed by atoms with van der Waals surface area (Å²) in [5.41, 5.74) is 4.89. The first kappa shape index (κ1) is 16.0. The zero-order valence-electron chi connectivity index (χ0n) is 14.7. The number of fused-ring (bicyclic) bond motifs is 1. The highest BCUT2D eigenvalue weighted by molar-refractivity contribution is 7.21. The Kier molecular flexibility index (Phi) is 4.04. The number of rotatable bonds is 3. The molecule has 27 heavy (non-hydrogen) atoms. The molecule has 2 heteroatoms. The van der Waals surface area contributed by atoms with E-state index in [1.165, 1.54) is 37.2 Å². The Labute approximate surface area is 162 Å². The number of aromatic nitrogens is 1. The first-order chi connectivity index (χ1) is 13.4. The van der Waals surface area contributed by atoms with Crippen LogP contribution >= 0.6 is 11.3 Å². The molecule has 0 aliphatic heterocycles. The molecule has 1 nitrogen and oxygen atoms in total. The first-order valence-electron chi connectivity index (χ1n) is 8.98. The lowest BCUT2D eigenvalue weighted by molar-refractivity contribution is 1.33. The molecule has 0 bridgehead atoms. The fourth-order valence-corrected chi connectivity index (χ4v) is 4.87. The van der Waals surface area contributed by atoms with Crippen LogP contribution in [0.5, 0.6) is 0 Å². The third-order valence-electron chi connectivity index (χ3n) is 4.80. The van der Waals surface area contributed by atoms with Crippen molar-refractivity contribution in [1.29, 1.82) is 0 Å². The topological polar surface area (TPSA) is 12.9 Å². The summed E-state index contributed by atoms with van der Waals surface area (Å²) in [6, 6.07) is 32.1. The Morgan fingerprint density at radius 1 is 0.519 bits per heavy atom. The highest BCUT2D eigenvalue weighted by Gasteiger charge is 2.16. The van der Waals surface area contributed by atoms with Gasteiger partial charge in [0.2, 0.25) is 0 Å². The Balaban J connectivity index is 1.79. The van der Waals surface area contributed by atoms with Crippen LogP contribution in [0.4, 0.5) is 0 Å². The van der Waals surface area contributed by atoms with Crippen LogP contribution in [0.3, 0.4) is 0 Å². The van der Waals surface area contributed by atoms with Gasteiger partial charge in [-0.3, -0.25) is 4.98 Å². The van der Waals surface area contributed by atoms with Crippen LogP contribution in [-0.2, 0) is 0 Å². The molecule has 0 unspecified atom stereocenters. The van der Waals surface area contributed by atoms with Gasteiger partial charge in [0.15, 0.2) is 0 Å². The van der Waals surface area contributed by atoms with Crippen LogP contribution in [0.1, 0.15) is 0 Å². The van der Waals surface area contributed by atoms with E-state index in [0.29, 0.717) is 0 Å². The van der Waals surface area contributed by atoms with Gasteiger partial charge in [-0.15, -0.1) is 11.3 Å². The molecular weight excluding hydrogens is 346 g/mol. The Morgan fingerprint density at radius 3 is 1.89 bits per heavy atom. The van der Waals surface area contributed by atoms with Crippen molar-refractivity contribution in [3.05, 3.63) is 103 Å². The highest BCUT2D eigenvalue weighted by atomic mass is 32.1. The van der Waals surface area contributed by atoms with E-state index in [0.717, 1.165) is 5.56 Å². The molecule has 0 spiro atoms. The lowest BCUT2D eigenvalue weighted by Crippen LogP contribution is -1.84. The largest absolute Gasteiger partial charge is 0.264 e. The van der Waals surface area contributed by atoms with Gasteiger partial charge in [0.25, 0.3) is 0 Å². The zero-order valence-corrected chi connectivity index (χ0v) is 15.5. The van der Waals surface area contributed by atoms with E-state index < -0.39 is 0 Å². The molecule has 0 fully saturated rings. The van der Waals surface area contributed by atoms with E-state index in [4.69, 9.17) is 0 Å². The molecular formula is C25H17NS. The van der Waals surface area contributed by atoms with Crippen molar-refractivity contribution in [2.45, 2.75) is 0 Å². The van der Waals surface area contributed by atoms with E-state index in [1.807, 2.05) is 29.8 Å². The molecule has 0 radical (unpaired) electrons. The molecule has 128 valence electrons. The summed E-state index contributed by atoms with van der Waals surface area (Å²) in [6.45, 7) is 0. The quantitative estimate of drug-likeness (QED) is 0.328. The smallest absolute Gasteiger partial charge is 0.0434 e. The van der Waals surface area contributed by atoms with E-state index in [2.05, 4.69) is 89.9 Å². The van der Waals surface area contributed by atoms with Crippen LogP contribution in [0, 0.1) is 0 Å². The zero-order chi connectivity index (χ0) is 18.1. The summed E-state index contributed by atoms with van der Waals surface area (Å²) in [7, 11) is 0. The van der Waals surface area contributed by atoms with Crippen LogP contribution in [0.25, 0.3) is 42.8 Å². The average Bonchev–Trinajstić information content (AvgIpc) is 3.15. The number of hydrogen-bond donors (Lipinski definition) is 0. The second kappa shape index (κ2) is 6.82.